The molecule has 7 heteroatoms. The summed E-state index contributed by atoms with van der Waals surface area (Å²) in [7, 11) is -3.75. The number of carbonyl (C=O) groups excluding carboxylic acids is 1. The standard InChI is InChI=1S/C13H17N3O3S/c1-9-6-10(7-14)4-5-11(9)20(18,19)16-8-13(2,3)12(15)17/h4-6,16H,8H2,1-3H3,(H2,15,17). The molecule has 0 saturated heterocycles. The van der Waals surface area contributed by atoms with Gasteiger partial charge in [0.2, 0.25) is 15.9 Å². The lowest BCUT2D eigenvalue weighted by molar-refractivity contribution is -0.125. The summed E-state index contributed by atoms with van der Waals surface area (Å²) in [5, 5.41) is 8.76. The maximum Gasteiger partial charge on any atom is 0.240 e. The zero-order chi connectivity index (χ0) is 15.6. The third-order valence-electron chi connectivity index (χ3n) is 2.96. The van der Waals surface area contributed by atoms with Crippen LogP contribution in [-0.2, 0) is 14.8 Å². The highest BCUT2D eigenvalue weighted by atomic mass is 32.2. The third kappa shape index (κ3) is 3.56. The Morgan fingerprint density at radius 1 is 1.45 bits per heavy atom. The van der Waals surface area contributed by atoms with E-state index in [9.17, 15) is 13.2 Å². The smallest absolute Gasteiger partial charge is 0.240 e. The average molecular weight is 295 g/mol. The molecule has 0 saturated carbocycles. The van der Waals surface area contributed by atoms with Gasteiger partial charge in [-0.05, 0) is 44.5 Å². The molecule has 1 amide bonds. The van der Waals surface area contributed by atoms with Gasteiger partial charge in [0, 0.05) is 6.54 Å². The van der Waals surface area contributed by atoms with Crippen LogP contribution in [0.3, 0.4) is 0 Å². The van der Waals surface area contributed by atoms with Crippen molar-refractivity contribution >= 4 is 15.9 Å². The third-order valence-corrected chi connectivity index (χ3v) is 4.53. The molecule has 1 aromatic rings. The topological polar surface area (TPSA) is 113 Å². The fraction of sp³-hybridized carbons (Fsp3) is 0.385. The fourth-order valence-corrected chi connectivity index (χ4v) is 2.90. The second kappa shape index (κ2) is 5.61. The minimum Gasteiger partial charge on any atom is -0.369 e. The van der Waals surface area contributed by atoms with Gasteiger partial charge in [0.25, 0.3) is 0 Å². The molecule has 0 aliphatic heterocycles. The van der Waals surface area contributed by atoms with Crippen LogP contribution in [-0.4, -0.2) is 20.9 Å². The molecule has 0 fully saturated rings. The van der Waals surface area contributed by atoms with Crippen molar-refractivity contribution in [3.8, 4) is 6.07 Å². The van der Waals surface area contributed by atoms with Crippen LogP contribution < -0.4 is 10.5 Å². The summed E-state index contributed by atoms with van der Waals surface area (Å²) in [6.45, 7) is 4.63. The van der Waals surface area contributed by atoms with Crippen LogP contribution in [0.5, 0.6) is 0 Å². The largest absolute Gasteiger partial charge is 0.369 e. The van der Waals surface area contributed by atoms with E-state index < -0.39 is 21.3 Å². The van der Waals surface area contributed by atoms with Gasteiger partial charge in [0.1, 0.15) is 0 Å². The summed E-state index contributed by atoms with van der Waals surface area (Å²) >= 11 is 0. The lowest BCUT2D eigenvalue weighted by Crippen LogP contribution is -2.42. The first-order valence-electron chi connectivity index (χ1n) is 5.90. The van der Waals surface area contributed by atoms with Gasteiger partial charge in [-0.2, -0.15) is 5.26 Å². The van der Waals surface area contributed by atoms with Crippen LogP contribution in [0.2, 0.25) is 0 Å². The number of aryl methyl sites for hydroxylation is 1. The number of rotatable bonds is 5. The molecule has 0 heterocycles. The molecule has 0 unspecified atom stereocenters. The van der Waals surface area contributed by atoms with Crippen molar-refractivity contribution in [2.24, 2.45) is 11.1 Å². The molecule has 1 aromatic carbocycles. The number of hydrogen-bond acceptors (Lipinski definition) is 4. The number of carbonyl (C=O) groups is 1. The Hall–Kier alpha value is -1.91. The van der Waals surface area contributed by atoms with Crippen molar-refractivity contribution in [2.75, 3.05) is 6.54 Å². The lowest BCUT2D eigenvalue weighted by atomic mass is 9.93. The number of hydrogen-bond donors (Lipinski definition) is 2. The number of nitrogens with zero attached hydrogens (tertiary/aromatic N) is 1. The fourth-order valence-electron chi connectivity index (χ4n) is 1.46. The molecule has 1 rings (SSSR count). The van der Waals surface area contributed by atoms with Crippen molar-refractivity contribution in [3.63, 3.8) is 0 Å². The van der Waals surface area contributed by atoms with E-state index in [0.29, 0.717) is 11.1 Å². The first kappa shape index (κ1) is 16.1. The first-order valence-corrected chi connectivity index (χ1v) is 7.39. The molecule has 3 N–H and O–H groups in total. The molecule has 0 aliphatic rings. The summed E-state index contributed by atoms with van der Waals surface area (Å²) in [5.74, 6) is -0.586. The molecule has 108 valence electrons. The monoisotopic (exact) mass is 295 g/mol. The normalized spacial score (nSPS) is 11.9. The van der Waals surface area contributed by atoms with E-state index in [4.69, 9.17) is 11.0 Å². The molecule has 0 bridgehead atoms. The molecule has 0 atom stereocenters. The minimum atomic E-state index is -3.75. The summed E-state index contributed by atoms with van der Waals surface area (Å²) < 4.78 is 26.7. The number of amides is 1. The molecule has 0 aliphatic carbocycles. The van der Waals surface area contributed by atoms with Gasteiger partial charge in [-0.3, -0.25) is 4.79 Å². The maximum atomic E-state index is 12.2. The van der Waals surface area contributed by atoms with Crippen LogP contribution >= 0.6 is 0 Å². The summed E-state index contributed by atoms with van der Waals surface area (Å²) in [6.07, 6.45) is 0. The van der Waals surface area contributed by atoms with Crippen LogP contribution in [0.1, 0.15) is 25.0 Å². The zero-order valence-corrected chi connectivity index (χ0v) is 12.4. The predicted molar refractivity (Wildman–Crippen MR) is 74.1 cm³/mol. The molecular formula is C13H17N3O3S. The number of benzene rings is 1. The summed E-state index contributed by atoms with van der Waals surface area (Å²) in [4.78, 5) is 11.3. The summed E-state index contributed by atoms with van der Waals surface area (Å²) in [5.41, 5.74) is 5.07. The van der Waals surface area contributed by atoms with E-state index in [1.165, 1.54) is 18.2 Å². The van der Waals surface area contributed by atoms with E-state index in [-0.39, 0.29) is 11.4 Å². The number of nitrogens with one attached hydrogen (secondary N) is 1. The molecule has 0 radical (unpaired) electrons. The predicted octanol–water partition coefficient (Wildman–Crippen LogP) is 0.656. The zero-order valence-electron chi connectivity index (χ0n) is 11.6. The Bertz CT molecular complexity index is 673. The van der Waals surface area contributed by atoms with Gasteiger partial charge in [0.15, 0.2) is 0 Å². The molecule has 0 aromatic heterocycles. The molecule has 20 heavy (non-hydrogen) atoms. The Labute approximate surface area is 118 Å². The number of nitrogens with two attached hydrogens (primary N) is 1. The van der Waals surface area contributed by atoms with Gasteiger partial charge in [-0.25, -0.2) is 13.1 Å². The maximum absolute atomic E-state index is 12.2. The highest BCUT2D eigenvalue weighted by Gasteiger charge is 2.28. The van der Waals surface area contributed by atoms with E-state index in [1.807, 2.05) is 6.07 Å². The lowest BCUT2D eigenvalue weighted by Gasteiger charge is -2.21. The quantitative estimate of drug-likeness (QED) is 0.830. The molecule has 0 spiro atoms. The molecule has 6 nitrogen and oxygen atoms in total. The van der Waals surface area contributed by atoms with Crippen LogP contribution in [0, 0.1) is 23.7 Å². The van der Waals surface area contributed by atoms with E-state index in [2.05, 4.69) is 4.72 Å². The van der Waals surface area contributed by atoms with Gasteiger partial charge in [0.05, 0.1) is 21.9 Å². The van der Waals surface area contributed by atoms with Crippen LogP contribution in [0.15, 0.2) is 23.1 Å². The summed E-state index contributed by atoms with van der Waals surface area (Å²) in [6, 6.07) is 6.23. The van der Waals surface area contributed by atoms with Crippen molar-refractivity contribution in [3.05, 3.63) is 29.3 Å². The number of sulfonamides is 1. The Balaban J connectivity index is 3.02. The van der Waals surface area contributed by atoms with Crippen molar-refractivity contribution in [1.82, 2.24) is 4.72 Å². The van der Waals surface area contributed by atoms with Gasteiger partial charge in [-0.1, -0.05) is 0 Å². The van der Waals surface area contributed by atoms with E-state index in [1.54, 1.807) is 20.8 Å². The van der Waals surface area contributed by atoms with Crippen molar-refractivity contribution < 1.29 is 13.2 Å². The van der Waals surface area contributed by atoms with Gasteiger partial charge < -0.3 is 5.73 Å². The Morgan fingerprint density at radius 2 is 2.05 bits per heavy atom. The highest BCUT2D eigenvalue weighted by Crippen LogP contribution is 2.18. The van der Waals surface area contributed by atoms with Gasteiger partial charge in [-0.15, -0.1) is 0 Å². The number of nitriles is 1. The second-order valence-electron chi connectivity index (χ2n) is 5.16. The van der Waals surface area contributed by atoms with Crippen molar-refractivity contribution in [1.29, 1.82) is 5.26 Å². The highest BCUT2D eigenvalue weighted by molar-refractivity contribution is 7.89. The van der Waals surface area contributed by atoms with Crippen molar-refractivity contribution in [2.45, 2.75) is 25.7 Å². The van der Waals surface area contributed by atoms with Crippen LogP contribution in [0.4, 0.5) is 0 Å². The molecular weight excluding hydrogens is 278 g/mol. The minimum absolute atomic E-state index is 0.0803. The van der Waals surface area contributed by atoms with E-state index >= 15 is 0 Å². The Morgan fingerprint density at radius 3 is 2.50 bits per heavy atom. The first-order chi connectivity index (χ1) is 9.10. The second-order valence-corrected chi connectivity index (χ2v) is 6.90. The van der Waals surface area contributed by atoms with Gasteiger partial charge >= 0.3 is 0 Å². The average Bonchev–Trinajstić information content (AvgIpc) is 2.36. The van der Waals surface area contributed by atoms with E-state index in [0.717, 1.165) is 0 Å². The SMILES string of the molecule is Cc1cc(C#N)ccc1S(=O)(=O)NCC(C)(C)C(N)=O. The Kier molecular flexibility index (Phi) is 4.53. The number of primary amides is 1. The van der Waals surface area contributed by atoms with Crippen LogP contribution in [0.25, 0.3) is 0 Å².